The third kappa shape index (κ3) is 4.43. The smallest absolute Gasteiger partial charge is 0.417 e. The number of nitrogens with zero attached hydrogens (tertiary/aromatic N) is 1. The molecule has 22 heavy (non-hydrogen) atoms. The summed E-state index contributed by atoms with van der Waals surface area (Å²) < 4.78 is 5.11. The molecular weight excluding hydrogens is 362 g/mol. The van der Waals surface area contributed by atoms with Crippen LogP contribution in [0.1, 0.15) is 5.56 Å². The highest BCUT2D eigenvalue weighted by Crippen LogP contribution is 2.24. The van der Waals surface area contributed by atoms with Gasteiger partial charge in [-0.2, -0.15) is 0 Å². The first-order valence-corrected chi connectivity index (χ1v) is 12.1. The molecule has 2 rings (SSSR count). The van der Waals surface area contributed by atoms with Crippen LogP contribution in [-0.4, -0.2) is 42.5 Å². The fraction of sp³-hybridized carbons (Fsp3) is 0.500. The number of carbonyl (C=O) groups is 2. The Morgan fingerprint density at radius 1 is 1.36 bits per heavy atom. The van der Waals surface area contributed by atoms with Gasteiger partial charge in [-0.1, -0.05) is 65.9 Å². The van der Waals surface area contributed by atoms with Crippen molar-refractivity contribution in [1.82, 2.24) is 4.90 Å². The van der Waals surface area contributed by atoms with Crippen LogP contribution in [0.25, 0.3) is 0 Å². The zero-order valence-electron chi connectivity index (χ0n) is 13.2. The lowest BCUT2D eigenvalue weighted by molar-refractivity contribution is -0.128. The summed E-state index contributed by atoms with van der Waals surface area (Å²) in [6.07, 6.45) is 0.108. The molecule has 0 N–H and O–H groups in total. The van der Waals surface area contributed by atoms with E-state index in [1.54, 1.807) is 0 Å². The molecule has 0 aromatic heterocycles. The Morgan fingerprint density at radius 3 is 2.59 bits per heavy atom. The number of rotatable bonds is 5. The van der Waals surface area contributed by atoms with Crippen molar-refractivity contribution in [2.45, 2.75) is 43.0 Å². The molecule has 0 aliphatic carbocycles. The zero-order chi connectivity index (χ0) is 16.3. The number of halogens is 1. The van der Waals surface area contributed by atoms with Gasteiger partial charge in [-0.25, -0.2) is 9.69 Å². The largest absolute Gasteiger partial charge is 0.447 e. The summed E-state index contributed by atoms with van der Waals surface area (Å²) in [6.45, 7) is 6.89. The molecule has 0 unspecified atom stereocenters. The van der Waals surface area contributed by atoms with E-state index in [0.29, 0.717) is 6.42 Å². The van der Waals surface area contributed by atoms with Crippen molar-refractivity contribution in [2.75, 3.05) is 6.61 Å². The van der Waals surface area contributed by atoms with Gasteiger partial charge in [0.15, 0.2) is 0 Å². The normalized spacial score (nSPS) is 19.9. The summed E-state index contributed by atoms with van der Waals surface area (Å²) in [4.78, 5) is 25.6. The van der Waals surface area contributed by atoms with Crippen molar-refractivity contribution < 1.29 is 14.3 Å². The number of ether oxygens (including phenoxy) is 1. The van der Waals surface area contributed by atoms with Crippen LogP contribution in [0.2, 0.25) is 25.7 Å². The molecule has 1 aliphatic rings. The zero-order valence-corrected chi connectivity index (χ0v) is 15.8. The predicted molar refractivity (Wildman–Crippen MR) is 93.0 cm³/mol. The van der Waals surface area contributed by atoms with Gasteiger partial charge in [0.25, 0.3) is 0 Å². The van der Waals surface area contributed by atoms with E-state index in [1.807, 2.05) is 30.3 Å². The number of hydrogen-bond donors (Lipinski definition) is 0. The van der Waals surface area contributed by atoms with E-state index in [4.69, 9.17) is 4.74 Å². The van der Waals surface area contributed by atoms with Crippen LogP contribution >= 0.6 is 15.9 Å². The fourth-order valence-corrected chi connectivity index (χ4v) is 6.93. The Labute approximate surface area is 141 Å². The topological polar surface area (TPSA) is 46.6 Å². The highest BCUT2D eigenvalue weighted by atomic mass is 79.9. The van der Waals surface area contributed by atoms with Gasteiger partial charge in [0, 0.05) is 8.07 Å². The molecule has 1 heterocycles. The maximum absolute atomic E-state index is 12.6. The highest BCUT2D eigenvalue weighted by Gasteiger charge is 2.41. The molecule has 1 aliphatic heterocycles. The predicted octanol–water partition coefficient (Wildman–Crippen LogP) is 3.68. The number of imide groups is 1. The summed E-state index contributed by atoms with van der Waals surface area (Å²) >= 11 is 3.47. The average molecular weight is 384 g/mol. The Kier molecular flexibility index (Phi) is 5.44. The molecule has 0 saturated carbocycles. The molecule has 0 spiro atoms. The second kappa shape index (κ2) is 6.96. The molecule has 1 fully saturated rings. The molecule has 6 heteroatoms. The van der Waals surface area contributed by atoms with Gasteiger partial charge in [-0.05, 0) is 18.0 Å². The highest BCUT2D eigenvalue weighted by molar-refractivity contribution is 9.10. The van der Waals surface area contributed by atoms with Gasteiger partial charge in [-0.3, -0.25) is 4.79 Å². The van der Waals surface area contributed by atoms with E-state index in [2.05, 4.69) is 35.6 Å². The molecule has 1 saturated heterocycles. The van der Waals surface area contributed by atoms with Gasteiger partial charge in [-0.15, -0.1) is 0 Å². The second-order valence-corrected chi connectivity index (χ2v) is 13.5. The SMILES string of the molecule is C[Si](C)(C)C[C@H](Br)C(=O)N1C(=O)OC[C@H]1Cc1ccccc1. The number of benzene rings is 1. The second-order valence-electron chi connectivity index (χ2n) is 6.86. The maximum atomic E-state index is 12.6. The summed E-state index contributed by atoms with van der Waals surface area (Å²) in [5.41, 5.74) is 1.10. The van der Waals surface area contributed by atoms with Gasteiger partial charge in [0.05, 0.1) is 10.9 Å². The summed E-state index contributed by atoms with van der Waals surface area (Å²) in [7, 11) is -1.40. The number of amides is 2. The third-order valence-corrected chi connectivity index (χ3v) is 6.52. The van der Waals surface area contributed by atoms with Gasteiger partial charge in [0.1, 0.15) is 6.61 Å². The minimum absolute atomic E-state index is 0.175. The maximum Gasteiger partial charge on any atom is 0.417 e. The van der Waals surface area contributed by atoms with E-state index in [9.17, 15) is 9.59 Å². The van der Waals surface area contributed by atoms with Crippen molar-refractivity contribution in [3.8, 4) is 0 Å². The van der Waals surface area contributed by atoms with Crippen LogP contribution in [0.4, 0.5) is 4.79 Å². The van der Waals surface area contributed by atoms with Gasteiger partial charge in [0.2, 0.25) is 5.91 Å². The van der Waals surface area contributed by atoms with Crippen molar-refractivity contribution >= 4 is 36.0 Å². The quantitative estimate of drug-likeness (QED) is 0.575. The van der Waals surface area contributed by atoms with E-state index >= 15 is 0 Å². The van der Waals surface area contributed by atoms with Crippen LogP contribution in [0, 0.1) is 0 Å². The molecule has 120 valence electrons. The van der Waals surface area contributed by atoms with Crippen LogP contribution in [0.5, 0.6) is 0 Å². The molecule has 2 atom stereocenters. The number of carbonyl (C=O) groups excluding carboxylic acids is 2. The molecular formula is C16H22BrNO3Si. The lowest BCUT2D eigenvalue weighted by Gasteiger charge is -2.25. The fourth-order valence-electron chi connectivity index (χ4n) is 2.54. The first-order valence-electron chi connectivity index (χ1n) is 7.46. The minimum atomic E-state index is -1.40. The Hall–Kier alpha value is -1.14. The third-order valence-electron chi connectivity index (χ3n) is 3.57. The number of cyclic esters (lactones) is 1. The monoisotopic (exact) mass is 383 g/mol. The van der Waals surface area contributed by atoms with E-state index < -0.39 is 14.2 Å². The lowest BCUT2D eigenvalue weighted by Crippen LogP contribution is -2.45. The Bertz CT molecular complexity index is 544. The Balaban J connectivity index is 2.09. The molecule has 0 bridgehead atoms. The van der Waals surface area contributed by atoms with E-state index in [0.717, 1.165) is 11.6 Å². The molecule has 0 radical (unpaired) electrons. The van der Waals surface area contributed by atoms with Crippen LogP contribution in [0.3, 0.4) is 0 Å². The standard InChI is InChI=1S/C16H22BrNO3Si/c1-22(2,3)11-14(17)15(19)18-13(10-21-16(18)20)9-12-7-5-4-6-8-12/h4-8,13-14H,9-11H2,1-3H3/t13-,14+/m1/s1. The van der Waals surface area contributed by atoms with Crippen molar-refractivity contribution in [3.05, 3.63) is 35.9 Å². The first-order chi connectivity index (χ1) is 10.3. The molecule has 4 nitrogen and oxygen atoms in total. The van der Waals surface area contributed by atoms with Crippen LogP contribution in [0.15, 0.2) is 30.3 Å². The molecule has 2 amide bonds. The lowest BCUT2D eigenvalue weighted by atomic mass is 10.1. The van der Waals surface area contributed by atoms with Crippen molar-refractivity contribution in [2.24, 2.45) is 0 Å². The summed E-state index contributed by atoms with van der Waals surface area (Å²) in [5, 5.41) is 0. The van der Waals surface area contributed by atoms with Gasteiger partial charge < -0.3 is 4.74 Å². The number of alkyl halides is 1. The average Bonchev–Trinajstić information content (AvgIpc) is 2.78. The van der Waals surface area contributed by atoms with Crippen LogP contribution < -0.4 is 0 Å². The number of hydrogen-bond acceptors (Lipinski definition) is 3. The van der Waals surface area contributed by atoms with Crippen LogP contribution in [-0.2, 0) is 16.0 Å². The summed E-state index contributed by atoms with van der Waals surface area (Å²) in [6, 6.07) is 10.4. The van der Waals surface area contributed by atoms with E-state index in [1.165, 1.54) is 4.90 Å². The minimum Gasteiger partial charge on any atom is -0.447 e. The Morgan fingerprint density at radius 2 is 2.00 bits per heavy atom. The molecule has 1 aromatic carbocycles. The molecule has 1 aromatic rings. The first kappa shape index (κ1) is 17.2. The van der Waals surface area contributed by atoms with Crippen molar-refractivity contribution in [1.29, 1.82) is 0 Å². The van der Waals surface area contributed by atoms with E-state index in [-0.39, 0.29) is 23.4 Å². The summed E-state index contributed by atoms with van der Waals surface area (Å²) in [5.74, 6) is -0.175. The van der Waals surface area contributed by atoms with Gasteiger partial charge >= 0.3 is 6.09 Å². The van der Waals surface area contributed by atoms with Crippen molar-refractivity contribution in [3.63, 3.8) is 0 Å².